The second-order valence-electron chi connectivity index (χ2n) is 4.16. The van der Waals surface area contributed by atoms with Gasteiger partial charge in [0.15, 0.2) is 0 Å². The number of halogens is 2. The normalized spacial score (nSPS) is 39.6. The van der Waals surface area contributed by atoms with E-state index >= 15 is 0 Å². The number of cyclic esters (lactones) is 1. The molecular formula is C9H13F2NO2. The van der Waals surface area contributed by atoms with Crippen molar-refractivity contribution in [2.45, 2.75) is 37.8 Å². The lowest BCUT2D eigenvalue weighted by atomic mass is 10.2. The lowest BCUT2D eigenvalue weighted by Crippen LogP contribution is -2.29. The summed E-state index contributed by atoms with van der Waals surface area (Å²) in [4.78, 5) is 10.6. The molecule has 1 saturated heterocycles. The smallest absolute Gasteiger partial charge is 0.377 e. The number of carbonyl (C=O) groups excluding carboxylic acids is 1. The van der Waals surface area contributed by atoms with Gasteiger partial charge in [-0.05, 0) is 12.3 Å². The molecule has 3 unspecified atom stereocenters. The van der Waals surface area contributed by atoms with Gasteiger partial charge in [-0.3, -0.25) is 0 Å². The summed E-state index contributed by atoms with van der Waals surface area (Å²) in [6, 6.07) is 0.419. The molecule has 1 saturated carbocycles. The van der Waals surface area contributed by atoms with E-state index in [0.29, 0.717) is 18.5 Å². The van der Waals surface area contributed by atoms with Gasteiger partial charge in [-0.1, -0.05) is 6.92 Å². The fraction of sp³-hybridized carbons (Fsp3) is 0.889. The topological polar surface area (TPSA) is 38.3 Å². The molecule has 2 aliphatic rings. The Bertz CT molecular complexity index is 257. The van der Waals surface area contributed by atoms with Crippen LogP contribution in [0.4, 0.5) is 8.78 Å². The predicted molar refractivity (Wildman–Crippen MR) is 45.0 cm³/mol. The number of nitrogens with one attached hydrogen (secondary N) is 1. The maximum Gasteiger partial charge on any atom is 0.377 e. The standard InChI is InChI=1S/C9H13F2NO2/c1-5-2-7(5)12-4-6-3-9(10,11)8(13)14-6/h5-7,12H,2-4H2,1H3. The van der Waals surface area contributed by atoms with Crippen LogP contribution in [-0.2, 0) is 9.53 Å². The summed E-state index contributed by atoms with van der Waals surface area (Å²) in [5.74, 6) is -4.04. The SMILES string of the molecule is CC1CC1NCC1CC(F)(F)C(=O)O1. The van der Waals surface area contributed by atoms with Crippen LogP contribution in [0.25, 0.3) is 0 Å². The summed E-state index contributed by atoms with van der Waals surface area (Å²) in [6.07, 6.45) is -0.0675. The molecule has 1 aliphatic carbocycles. The van der Waals surface area contributed by atoms with Crippen LogP contribution in [0.3, 0.4) is 0 Å². The largest absolute Gasteiger partial charge is 0.456 e. The Hall–Kier alpha value is -0.710. The molecule has 80 valence electrons. The van der Waals surface area contributed by atoms with Crippen molar-refractivity contribution in [2.24, 2.45) is 5.92 Å². The van der Waals surface area contributed by atoms with Crippen LogP contribution in [0.5, 0.6) is 0 Å². The van der Waals surface area contributed by atoms with Gasteiger partial charge in [0.05, 0.1) is 6.42 Å². The molecule has 14 heavy (non-hydrogen) atoms. The average Bonchev–Trinajstić information content (AvgIpc) is 2.70. The summed E-state index contributed by atoms with van der Waals surface area (Å²) in [5, 5.41) is 3.10. The Balaban J connectivity index is 1.76. The zero-order chi connectivity index (χ0) is 10.3. The molecule has 2 fully saturated rings. The third kappa shape index (κ3) is 1.87. The fourth-order valence-corrected chi connectivity index (χ4v) is 1.65. The minimum absolute atomic E-state index is 0.344. The number of hydrogen-bond donors (Lipinski definition) is 1. The van der Waals surface area contributed by atoms with Crippen molar-refractivity contribution in [3.63, 3.8) is 0 Å². The van der Waals surface area contributed by atoms with Crippen LogP contribution in [-0.4, -0.2) is 30.6 Å². The minimum Gasteiger partial charge on any atom is -0.456 e. The van der Waals surface area contributed by atoms with Gasteiger partial charge in [0.25, 0.3) is 0 Å². The molecular weight excluding hydrogens is 192 g/mol. The quantitative estimate of drug-likeness (QED) is 0.697. The van der Waals surface area contributed by atoms with E-state index < -0.39 is 24.4 Å². The second-order valence-corrected chi connectivity index (χ2v) is 4.16. The van der Waals surface area contributed by atoms with Crippen molar-refractivity contribution in [1.82, 2.24) is 5.32 Å². The van der Waals surface area contributed by atoms with E-state index in [2.05, 4.69) is 17.0 Å². The van der Waals surface area contributed by atoms with Gasteiger partial charge in [-0.15, -0.1) is 0 Å². The summed E-state index contributed by atoms with van der Waals surface area (Å²) in [7, 11) is 0. The number of alkyl halides is 2. The zero-order valence-corrected chi connectivity index (χ0v) is 7.93. The molecule has 5 heteroatoms. The fourth-order valence-electron chi connectivity index (χ4n) is 1.65. The number of ether oxygens (including phenoxy) is 1. The van der Waals surface area contributed by atoms with E-state index in [1.807, 2.05) is 0 Å². The lowest BCUT2D eigenvalue weighted by Gasteiger charge is -2.08. The Morgan fingerprint density at radius 2 is 2.29 bits per heavy atom. The highest BCUT2D eigenvalue weighted by atomic mass is 19.3. The Morgan fingerprint density at radius 3 is 2.71 bits per heavy atom. The molecule has 0 amide bonds. The first-order valence-corrected chi connectivity index (χ1v) is 4.81. The molecule has 3 nitrogen and oxygen atoms in total. The summed E-state index contributed by atoms with van der Waals surface area (Å²) in [5.41, 5.74) is 0. The molecule has 1 aliphatic heterocycles. The Kier molecular flexibility index (Phi) is 2.21. The molecule has 0 spiro atoms. The zero-order valence-electron chi connectivity index (χ0n) is 7.93. The van der Waals surface area contributed by atoms with E-state index in [4.69, 9.17) is 0 Å². The van der Waals surface area contributed by atoms with Gasteiger partial charge in [0.1, 0.15) is 6.10 Å². The summed E-state index contributed by atoms with van der Waals surface area (Å²) in [6.45, 7) is 2.43. The summed E-state index contributed by atoms with van der Waals surface area (Å²) < 4.78 is 29.9. The lowest BCUT2D eigenvalue weighted by molar-refractivity contribution is -0.159. The Labute approximate surface area is 80.8 Å². The van der Waals surface area contributed by atoms with Crippen molar-refractivity contribution in [1.29, 1.82) is 0 Å². The van der Waals surface area contributed by atoms with Crippen molar-refractivity contribution in [3.8, 4) is 0 Å². The highest BCUT2D eigenvalue weighted by Crippen LogP contribution is 2.32. The van der Waals surface area contributed by atoms with Crippen LogP contribution in [0, 0.1) is 5.92 Å². The van der Waals surface area contributed by atoms with Gasteiger partial charge in [0, 0.05) is 12.6 Å². The van der Waals surface area contributed by atoms with Gasteiger partial charge in [-0.2, -0.15) is 8.78 Å². The maximum atomic E-state index is 12.7. The van der Waals surface area contributed by atoms with Gasteiger partial charge >= 0.3 is 11.9 Å². The number of carbonyl (C=O) groups is 1. The number of esters is 1. The molecule has 0 bridgehead atoms. The molecule has 3 atom stereocenters. The molecule has 0 aromatic heterocycles. The van der Waals surface area contributed by atoms with Crippen LogP contribution < -0.4 is 5.32 Å². The van der Waals surface area contributed by atoms with Crippen LogP contribution >= 0.6 is 0 Å². The van der Waals surface area contributed by atoms with Crippen molar-refractivity contribution >= 4 is 5.97 Å². The van der Waals surface area contributed by atoms with Gasteiger partial charge in [-0.25, -0.2) is 4.79 Å². The molecule has 0 radical (unpaired) electrons. The number of rotatable bonds is 3. The third-order valence-electron chi connectivity index (χ3n) is 2.77. The monoisotopic (exact) mass is 205 g/mol. The molecule has 1 N–H and O–H groups in total. The molecule has 1 heterocycles. The van der Waals surface area contributed by atoms with Crippen molar-refractivity contribution in [3.05, 3.63) is 0 Å². The first-order valence-electron chi connectivity index (χ1n) is 4.81. The van der Waals surface area contributed by atoms with Crippen molar-refractivity contribution < 1.29 is 18.3 Å². The van der Waals surface area contributed by atoms with E-state index in [1.165, 1.54) is 0 Å². The van der Waals surface area contributed by atoms with Crippen molar-refractivity contribution in [2.75, 3.05) is 6.54 Å². The highest BCUT2D eigenvalue weighted by molar-refractivity contribution is 5.79. The van der Waals surface area contributed by atoms with Gasteiger partial charge < -0.3 is 10.1 Å². The molecule has 0 aromatic carbocycles. The Morgan fingerprint density at radius 1 is 1.64 bits per heavy atom. The van der Waals surface area contributed by atoms with E-state index in [0.717, 1.165) is 6.42 Å². The predicted octanol–water partition coefficient (Wildman–Crippen LogP) is 0.935. The van der Waals surface area contributed by atoms with E-state index in [9.17, 15) is 13.6 Å². The average molecular weight is 205 g/mol. The van der Waals surface area contributed by atoms with E-state index in [-0.39, 0.29) is 0 Å². The van der Waals surface area contributed by atoms with E-state index in [1.54, 1.807) is 0 Å². The highest BCUT2D eigenvalue weighted by Gasteiger charge is 2.50. The minimum atomic E-state index is -3.28. The molecule has 0 aromatic rings. The third-order valence-corrected chi connectivity index (χ3v) is 2.77. The second kappa shape index (κ2) is 3.15. The van der Waals surface area contributed by atoms with Crippen LogP contribution in [0.2, 0.25) is 0 Å². The van der Waals surface area contributed by atoms with Crippen LogP contribution in [0.1, 0.15) is 19.8 Å². The molecule has 2 rings (SSSR count). The van der Waals surface area contributed by atoms with Gasteiger partial charge in [0.2, 0.25) is 0 Å². The number of hydrogen-bond acceptors (Lipinski definition) is 3. The van der Waals surface area contributed by atoms with Crippen LogP contribution in [0.15, 0.2) is 0 Å². The first-order chi connectivity index (χ1) is 6.49. The summed E-state index contributed by atoms with van der Waals surface area (Å²) >= 11 is 0. The first kappa shape index (κ1) is 9.83. The maximum absolute atomic E-state index is 12.7.